The highest BCUT2D eigenvalue weighted by Gasteiger charge is 2.28. The van der Waals surface area contributed by atoms with Gasteiger partial charge < -0.3 is 15.1 Å². The highest BCUT2D eigenvalue weighted by molar-refractivity contribution is 5.98. The monoisotopic (exact) mass is 331 g/mol. The Morgan fingerprint density at radius 2 is 1.83 bits per heavy atom. The SMILES string of the molecule is C[C@@H]1CCN(C)c2ccccc2N1C(=O)CCNC(=O)C(C)(C)C. The minimum Gasteiger partial charge on any atom is -0.373 e. The van der Waals surface area contributed by atoms with Gasteiger partial charge >= 0.3 is 0 Å². The van der Waals surface area contributed by atoms with Crippen molar-refractivity contribution in [2.45, 2.75) is 46.6 Å². The van der Waals surface area contributed by atoms with Crippen LogP contribution in [0.15, 0.2) is 24.3 Å². The smallest absolute Gasteiger partial charge is 0.229 e. The minimum absolute atomic E-state index is 0.0284. The third-order valence-corrected chi connectivity index (χ3v) is 4.45. The summed E-state index contributed by atoms with van der Waals surface area (Å²) in [5, 5.41) is 2.86. The van der Waals surface area contributed by atoms with Crippen LogP contribution in [0, 0.1) is 5.41 Å². The molecule has 1 atom stereocenters. The number of fused-ring (bicyclic) bond motifs is 1. The molecule has 2 rings (SSSR count). The lowest BCUT2D eigenvalue weighted by atomic mass is 9.96. The number of nitrogens with one attached hydrogen (secondary N) is 1. The van der Waals surface area contributed by atoms with Crippen molar-refractivity contribution in [1.82, 2.24) is 5.32 Å². The van der Waals surface area contributed by atoms with Crippen LogP contribution >= 0.6 is 0 Å². The summed E-state index contributed by atoms with van der Waals surface area (Å²) in [6.07, 6.45) is 1.23. The molecule has 0 unspecified atom stereocenters. The van der Waals surface area contributed by atoms with Crippen molar-refractivity contribution in [2.75, 3.05) is 29.9 Å². The zero-order valence-electron chi connectivity index (χ0n) is 15.4. The number of hydrogen-bond donors (Lipinski definition) is 1. The number of nitrogens with zero attached hydrogens (tertiary/aromatic N) is 2. The topological polar surface area (TPSA) is 52.6 Å². The molecule has 2 amide bonds. The minimum atomic E-state index is -0.436. The lowest BCUT2D eigenvalue weighted by Gasteiger charge is -2.29. The van der Waals surface area contributed by atoms with Crippen molar-refractivity contribution >= 4 is 23.2 Å². The van der Waals surface area contributed by atoms with Gasteiger partial charge in [-0.05, 0) is 25.5 Å². The van der Waals surface area contributed by atoms with Crippen molar-refractivity contribution in [2.24, 2.45) is 5.41 Å². The Kier molecular flexibility index (Phi) is 5.52. The quantitative estimate of drug-likeness (QED) is 0.926. The zero-order chi connectivity index (χ0) is 17.9. The maximum absolute atomic E-state index is 12.8. The Labute approximate surface area is 145 Å². The van der Waals surface area contributed by atoms with Gasteiger partial charge in [0.1, 0.15) is 0 Å². The van der Waals surface area contributed by atoms with Crippen molar-refractivity contribution < 1.29 is 9.59 Å². The first-order chi connectivity index (χ1) is 11.2. The molecule has 0 saturated carbocycles. The second kappa shape index (κ2) is 7.24. The summed E-state index contributed by atoms with van der Waals surface area (Å²) in [5.74, 6) is 0.0267. The number of amides is 2. The van der Waals surface area contributed by atoms with Gasteiger partial charge in [-0.1, -0.05) is 32.9 Å². The first-order valence-corrected chi connectivity index (χ1v) is 8.62. The normalized spacial score (nSPS) is 18.0. The predicted molar refractivity (Wildman–Crippen MR) is 98.4 cm³/mol. The molecule has 1 aromatic carbocycles. The first kappa shape index (κ1) is 18.3. The molecule has 5 heteroatoms. The number of carbonyl (C=O) groups excluding carboxylic acids is 2. The second-order valence-electron chi connectivity index (χ2n) is 7.57. The molecule has 1 heterocycles. The molecule has 0 fully saturated rings. The van der Waals surface area contributed by atoms with Crippen molar-refractivity contribution in [3.8, 4) is 0 Å². The largest absolute Gasteiger partial charge is 0.373 e. The van der Waals surface area contributed by atoms with E-state index in [1.807, 2.05) is 43.9 Å². The Balaban J connectivity index is 2.10. The van der Waals surface area contributed by atoms with Crippen LogP contribution in [0.1, 0.15) is 40.5 Å². The lowest BCUT2D eigenvalue weighted by molar-refractivity contribution is -0.128. The second-order valence-corrected chi connectivity index (χ2v) is 7.57. The van der Waals surface area contributed by atoms with Crippen LogP contribution in [-0.2, 0) is 9.59 Å². The highest BCUT2D eigenvalue weighted by Crippen LogP contribution is 2.33. The van der Waals surface area contributed by atoms with Crippen molar-refractivity contribution in [1.29, 1.82) is 0 Å². The maximum atomic E-state index is 12.8. The summed E-state index contributed by atoms with van der Waals surface area (Å²) in [7, 11) is 2.06. The summed E-state index contributed by atoms with van der Waals surface area (Å²) in [6, 6.07) is 8.15. The van der Waals surface area contributed by atoms with E-state index in [2.05, 4.69) is 30.3 Å². The van der Waals surface area contributed by atoms with Gasteiger partial charge in [0.15, 0.2) is 0 Å². The van der Waals surface area contributed by atoms with E-state index < -0.39 is 5.41 Å². The van der Waals surface area contributed by atoms with Crippen LogP contribution < -0.4 is 15.1 Å². The zero-order valence-corrected chi connectivity index (χ0v) is 15.4. The molecule has 1 aromatic rings. The molecule has 1 aliphatic heterocycles. The first-order valence-electron chi connectivity index (χ1n) is 8.62. The van der Waals surface area contributed by atoms with E-state index in [0.717, 1.165) is 24.3 Å². The molecule has 0 radical (unpaired) electrons. The molecule has 0 saturated heterocycles. The average Bonchev–Trinajstić information content (AvgIpc) is 2.64. The van der Waals surface area contributed by atoms with E-state index in [0.29, 0.717) is 13.0 Å². The lowest BCUT2D eigenvalue weighted by Crippen LogP contribution is -2.41. The Morgan fingerprint density at radius 3 is 2.46 bits per heavy atom. The van der Waals surface area contributed by atoms with Crippen LogP contribution in [0.4, 0.5) is 11.4 Å². The van der Waals surface area contributed by atoms with Crippen LogP contribution in [0.25, 0.3) is 0 Å². The molecular formula is C19H29N3O2. The summed E-state index contributed by atoms with van der Waals surface area (Å²) in [4.78, 5) is 28.8. The summed E-state index contributed by atoms with van der Waals surface area (Å²) in [5.41, 5.74) is 1.60. The fourth-order valence-corrected chi connectivity index (χ4v) is 2.91. The Morgan fingerprint density at radius 1 is 1.21 bits per heavy atom. The molecule has 0 aliphatic carbocycles. The van der Waals surface area contributed by atoms with Crippen LogP contribution in [0.3, 0.4) is 0 Å². The molecule has 0 aromatic heterocycles. The number of rotatable bonds is 3. The molecule has 1 N–H and O–H groups in total. The number of hydrogen-bond acceptors (Lipinski definition) is 3. The van der Waals surface area contributed by atoms with Crippen LogP contribution in [-0.4, -0.2) is 38.0 Å². The third-order valence-electron chi connectivity index (χ3n) is 4.45. The highest BCUT2D eigenvalue weighted by atomic mass is 16.2. The third kappa shape index (κ3) is 4.08. The Hall–Kier alpha value is -2.04. The summed E-state index contributed by atoms with van der Waals surface area (Å²) in [6.45, 7) is 8.98. The Bertz CT molecular complexity index is 607. The molecule has 1 aliphatic rings. The molecule has 0 bridgehead atoms. The van der Waals surface area contributed by atoms with E-state index in [-0.39, 0.29) is 17.9 Å². The molecule has 132 valence electrons. The van der Waals surface area contributed by atoms with Crippen LogP contribution in [0.2, 0.25) is 0 Å². The van der Waals surface area contributed by atoms with Gasteiger partial charge in [0.2, 0.25) is 11.8 Å². The van der Waals surface area contributed by atoms with Gasteiger partial charge in [-0.15, -0.1) is 0 Å². The van der Waals surface area contributed by atoms with E-state index in [1.54, 1.807) is 0 Å². The van der Waals surface area contributed by atoms with Gasteiger partial charge in [-0.3, -0.25) is 9.59 Å². The fourth-order valence-electron chi connectivity index (χ4n) is 2.91. The van der Waals surface area contributed by atoms with E-state index in [1.165, 1.54) is 0 Å². The van der Waals surface area contributed by atoms with E-state index >= 15 is 0 Å². The van der Waals surface area contributed by atoms with Gasteiger partial charge in [-0.25, -0.2) is 0 Å². The number of para-hydroxylation sites is 2. The number of carbonyl (C=O) groups is 2. The van der Waals surface area contributed by atoms with Gasteiger partial charge in [0, 0.05) is 38.0 Å². The van der Waals surface area contributed by atoms with Gasteiger partial charge in [-0.2, -0.15) is 0 Å². The number of benzene rings is 1. The van der Waals surface area contributed by atoms with E-state index in [4.69, 9.17) is 0 Å². The fraction of sp³-hybridized carbons (Fsp3) is 0.579. The van der Waals surface area contributed by atoms with Gasteiger partial charge in [0.05, 0.1) is 11.4 Å². The molecule has 0 spiro atoms. The van der Waals surface area contributed by atoms with Crippen molar-refractivity contribution in [3.05, 3.63) is 24.3 Å². The summed E-state index contributed by atoms with van der Waals surface area (Å²) >= 11 is 0. The van der Waals surface area contributed by atoms with E-state index in [9.17, 15) is 9.59 Å². The predicted octanol–water partition coefficient (Wildman–Crippen LogP) is 2.80. The van der Waals surface area contributed by atoms with Crippen LogP contribution in [0.5, 0.6) is 0 Å². The molecular weight excluding hydrogens is 302 g/mol. The standard InChI is InChI=1S/C19H29N3O2/c1-14-11-13-21(5)15-8-6-7-9-16(15)22(14)17(23)10-12-20-18(24)19(2,3)4/h6-9,14H,10-13H2,1-5H3,(H,20,24)/t14-/m1/s1. The maximum Gasteiger partial charge on any atom is 0.229 e. The average molecular weight is 331 g/mol. The van der Waals surface area contributed by atoms with Gasteiger partial charge in [0.25, 0.3) is 0 Å². The van der Waals surface area contributed by atoms with Crippen molar-refractivity contribution in [3.63, 3.8) is 0 Å². The molecule has 5 nitrogen and oxygen atoms in total. The summed E-state index contributed by atoms with van der Waals surface area (Å²) < 4.78 is 0. The molecule has 24 heavy (non-hydrogen) atoms. The number of anilines is 2.